The molecule has 0 spiro atoms. The van der Waals surface area contributed by atoms with Crippen molar-refractivity contribution < 1.29 is 0 Å². The lowest BCUT2D eigenvalue weighted by molar-refractivity contribution is 0.505. The van der Waals surface area contributed by atoms with Crippen LogP contribution in [0.3, 0.4) is 0 Å². The second-order valence-electron chi connectivity index (χ2n) is 3.88. The average molecular weight is 265 g/mol. The van der Waals surface area contributed by atoms with E-state index in [-0.39, 0.29) is 0 Å². The first-order chi connectivity index (χ1) is 8.27. The van der Waals surface area contributed by atoms with Gasteiger partial charge in [-0.15, -0.1) is 0 Å². The van der Waals surface area contributed by atoms with Gasteiger partial charge in [-0.05, 0) is 36.4 Å². The van der Waals surface area contributed by atoms with E-state index < -0.39 is 0 Å². The molecule has 1 heterocycles. The monoisotopic (exact) mass is 265 g/mol. The summed E-state index contributed by atoms with van der Waals surface area (Å²) in [6, 6.07) is 10.2. The largest absolute Gasteiger partial charge is 0.362 e. The normalized spacial score (nSPS) is 15.3. The predicted octanol–water partition coefficient (Wildman–Crippen LogP) is 1.64. The van der Waals surface area contributed by atoms with E-state index in [1.807, 2.05) is 23.1 Å². The highest BCUT2D eigenvalue weighted by atomic mass is 32.1. The van der Waals surface area contributed by atoms with Gasteiger partial charge in [0.05, 0.1) is 0 Å². The first-order valence-corrected chi connectivity index (χ1v) is 6.46. The van der Waals surface area contributed by atoms with Crippen molar-refractivity contribution in [2.75, 3.05) is 13.1 Å². The van der Waals surface area contributed by atoms with E-state index in [2.05, 4.69) is 22.8 Å². The van der Waals surface area contributed by atoms with Crippen molar-refractivity contribution in [3.8, 4) is 0 Å². The third kappa shape index (κ3) is 3.38. The molecule has 0 aromatic heterocycles. The molecule has 0 unspecified atom stereocenters. The van der Waals surface area contributed by atoms with Crippen LogP contribution in [0.25, 0.3) is 0 Å². The van der Waals surface area contributed by atoms with E-state index in [0.29, 0.717) is 5.11 Å². The van der Waals surface area contributed by atoms with E-state index in [4.69, 9.17) is 24.4 Å². The van der Waals surface area contributed by atoms with Crippen molar-refractivity contribution >= 4 is 34.7 Å². The summed E-state index contributed by atoms with van der Waals surface area (Å²) in [4.78, 5) is 1.94. The molecule has 0 saturated carbocycles. The molecule has 90 valence electrons. The lowest BCUT2D eigenvalue weighted by atomic mass is 10.2. The van der Waals surface area contributed by atoms with Crippen LogP contribution in [0.1, 0.15) is 12.0 Å². The Hall–Kier alpha value is -1.20. The second kappa shape index (κ2) is 5.93. The number of benzene rings is 1. The maximum atomic E-state index is 5.34. The molecular weight excluding hydrogens is 250 g/mol. The molecule has 1 aromatic rings. The summed E-state index contributed by atoms with van der Waals surface area (Å²) in [5.41, 5.74) is 1.21. The van der Waals surface area contributed by atoms with Crippen molar-refractivity contribution in [3.63, 3.8) is 0 Å². The van der Waals surface area contributed by atoms with Gasteiger partial charge < -0.3 is 10.6 Å². The SMILES string of the molecule is S=C1NCCCN1C(=S)NCc1ccccc1. The first-order valence-electron chi connectivity index (χ1n) is 5.64. The number of nitrogens with zero attached hydrogens (tertiary/aromatic N) is 1. The molecule has 1 aromatic carbocycles. The summed E-state index contributed by atoms with van der Waals surface area (Å²) in [6.07, 6.45) is 1.06. The quantitative estimate of drug-likeness (QED) is 0.793. The van der Waals surface area contributed by atoms with Crippen LogP contribution < -0.4 is 10.6 Å². The van der Waals surface area contributed by atoms with Gasteiger partial charge in [0.25, 0.3) is 0 Å². The minimum absolute atomic E-state index is 0.700. The van der Waals surface area contributed by atoms with E-state index in [1.54, 1.807) is 0 Å². The van der Waals surface area contributed by atoms with E-state index in [9.17, 15) is 0 Å². The standard InChI is InChI=1S/C12H15N3S2/c16-11-13-7-4-8-15(11)12(17)14-9-10-5-2-1-3-6-10/h1-3,5-6H,4,7-9H2,(H,13,16)(H,14,17). The lowest BCUT2D eigenvalue weighted by Crippen LogP contribution is -2.52. The zero-order valence-corrected chi connectivity index (χ0v) is 11.1. The lowest BCUT2D eigenvalue weighted by Gasteiger charge is -2.30. The maximum Gasteiger partial charge on any atom is 0.175 e. The van der Waals surface area contributed by atoms with Gasteiger partial charge in [0.2, 0.25) is 0 Å². The summed E-state index contributed by atoms with van der Waals surface area (Å²) in [5, 5.41) is 7.79. The zero-order valence-electron chi connectivity index (χ0n) is 9.48. The van der Waals surface area contributed by atoms with Gasteiger partial charge in [-0.3, -0.25) is 4.90 Å². The zero-order chi connectivity index (χ0) is 12.1. The molecule has 0 radical (unpaired) electrons. The van der Waals surface area contributed by atoms with Gasteiger partial charge in [0.1, 0.15) is 0 Å². The molecule has 0 aliphatic carbocycles. The average Bonchev–Trinajstić information content (AvgIpc) is 2.38. The van der Waals surface area contributed by atoms with Gasteiger partial charge in [0, 0.05) is 19.6 Å². The van der Waals surface area contributed by atoms with E-state index >= 15 is 0 Å². The molecule has 17 heavy (non-hydrogen) atoms. The molecular formula is C12H15N3S2. The van der Waals surface area contributed by atoms with Gasteiger partial charge >= 0.3 is 0 Å². The van der Waals surface area contributed by atoms with Crippen LogP contribution in [0, 0.1) is 0 Å². The van der Waals surface area contributed by atoms with Crippen LogP contribution in [0.2, 0.25) is 0 Å². The number of thiocarbonyl (C=S) groups is 2. The molecule has 1 aliphatic rings. The molecule has 2 rings (SSSR count). The number of nitrogens with one attached hydrogen (secondary N) is 2. The molecule has 5 heteroatoms. The minimum Gasteiger partial charge on any atom is -0.362 e. The van der Waals surface area contributed by atoms with Gasteiger partial charge in [-0.25, -0.2) is 0 Å². The topological polar surface area (TPSA) is 27.3 Å². The first kappa shape index (κ1) is 12.3. The third-order valence-corrected chi connectivity index (χ3v) is 3.34. The number of rotatable bonds is 2. The number of hydrogen-bond acceptors (Lipinski definition) is 2. The summed E-state index contributed by atoms with van der Waals surface area (Å²) in [6.45, 7) is 2.57. The van der Waals surface area contributed by atoms with E-state index in [1.165, 1.54) is 5.56 Å². The molecule has 0 bridgehead atoms. The highest BCUT2D eigenvalue weighted by Gasteiger charge is 2.17. The Kier molecular flexibility index (Phi) is 4.28. The summed E-state index contributed by atoms with van der Waals surface area (Å²) >= 11 is 10.6. The summed E-state index contributed by atoms with van der Waals surface area (Å²) in [7, 11) is 0. The Balaban J connectivity index is 1.87. The smallest absolute Gasteiger partial charge is 0.175 e. The van der Waals surface area contributed by atoms with E-state index in [0.717, 1.165) is 31.2 Å². The van der Waals surface area contributed by atoms with Crippen molar-refractivity contribution in [3.05, 3.63) is 35.9 Å². The van der Waals surface area contributed by atoms with Gasteiger partial charge in [-0.2, -0.15) is 0 Å². The fourth-order valence-corrected chi connectivity index (χ4v) is 2.29. The Bertz CT molecular complexity index is 405. The summed E-state index contributed by atoms with van der Waals surface area (Å²) < 4.78 is 0. The second-order valence-corrected chi connectivity index (χ2v) is 4.65. The predicted molar refractivity (Wildman–Crippen MR) is 77.8 cm³/mol. The molecule has 3 nitrogen and oxygen atoms in total. The Morgan fingerprint density at radius 1 is 1.35 bits per heavy atom. The van der Waals surface area contributed by atoms with Crippen LogP contribution in [0.5, 0.6) is 0 Å². The van der Waals surface area contributed by atoms with Crippen LogP contribution in [0.4, 0.5) is 0 Å². The molecule has 0 amide bonds. The molecule has 1 aliphatic heterocycles. The van der Waals surface area contributed by atoms with Crippen LogP contribution in [-0.2, 0) is 6.54 Å². The van der Waals surface area contributed by atoms with Crippen molar-refractivity contribution in [2.24, 2.45) is 0 Å². The van der Waals surface area contributed by atoms with Crippen LogP contribution in [0.15, 0.2) is 30.3 Å². The Labute approximate surface area is 112 Å². The fraction of sp³-hybridized carbons (Fsp3) is 0.333. The fourth-order valence-electron chi connectivity index (χ4n) is 1.69. The van der Waals surface area contributed by atoms with Crippen LogP contribution in [-0.4, -0.2) is 28.2 Å². The molecule has 0 atom stereocenters. The van der Waals surface area contributed by atoms with Crippen LogP contribution >= 0.6 is 24.4 Å². The minimum atomic E-state index is 0.700. The molecule has 1 saturated heterocycles. The number of hydrogen-bond donors (Lipinski definition) is 2. The molecule has 1 fully saturated rings. The Morgan fingerprint density at radius 3 is 2.82 bits per heavy atom. The van der Waals surface area contributed by atoms with Crippen molar-refractivity contribution in [1.82, 2.24) is 15.5 Å². The molecule has 2 N–H and O–H groups in total. The Morgan fingerprint density at radius 2 is 2.12 bits per heavy atom. The third-order valence-electron chi connectivity index (χ3n) is 2.61. The summed E-state index contributed by atoms with van der Waals surface area (Å²) in [5.74, 6) is 0. The van der Waals surface area contributed by atoms with Gasteiger partial charge in [-0.1, -0.05) is 30.3 Å². The van der Waals surface area contributed by atoms with Gasteiger partial charge in [0.15, 0.2) is 10.2 Å². The van der Waals surface area contributed by atoms with Crippen molar-refractivity contribution in [1.29, 1.82) is 0 Å². The maximum absolute atomic E-state index is 5.34. The van der Waals surface area contributed by atoms with Crippen molar-refractivity contribution in [2.45, 2.75) is 13.0 Å². The highest BCUT2D eigenvalue weighted by Crippen LogP contribution is 2.02. The highest BCUT2D eigenvalue weighted by molar-refractivity contribution is 7.81.